The third kappa shape index (κ3) is 10.7. The minimum atomic E-state index is -0.745. The highest BCUT2D eigenvalue weighted by molar-refractivity contribution is 5.66. The molecule has 2 N–H and O–H groups in total. The van der Waals surface area contributed by atoms with Crippen molar-refractivity contribution in [2.75, 3.05) is 20.0 Å². The Labute approximate surface area is 186 Å². The second-order valence-electron chi connectivity index (χ2n) is 8.33. The number of fused-ring (bicyclic) bond motifs is 2. The van der Waals surface area contributed by atoms with Gasteiger partial charge in [-0.1, -0.05) is 50.5 Å². The molecule has 0 aromatic rings. The molecule has 0 saturated carbocycles. The average Bonchev–Trinajstić information content (AvgIpc) is 2.76. The molecule has 0 aromatic carbocycles. The zero-order valence-corrected chi connectivity index (χ0v) is 18.8. The van der Waals surface area contributed by atoms with E-state index in [2.05, 4.69) is 13.0 Å². The first kappa shape index (κ1) is 26.0. The van der Waals surface area contributed by atoms with Crippen LogP contribution in [0.15, 0.2) is 24.3 Å². The number of aliphatic carboxylic acids is 1. The summed E-state index contributed by atoms with van der Waals surface area (Å²) in [5.74, 6) is -0.481. The second-order valence-corrected chi connectivity index (χ2v) is 8.33. The third-order valence-electron chi connectivity index (χ3n) is 5.67. The molecule has 0 unspecified atom stereocenters. The van der Waals surface area contributed by atoms with Gasteiger partial charge in [0.25, 0.3) is 0 Å². The Bertz CT molecular complexity index is 527. The fraction of sp³-hybridized carbons (Fsp3) is 0.792. The van der Waals surface area contributed by atoms with Crippen molar-refractivity contribution in [3.63, 3.8) is 0 Å². The van der Waals surface area contributed by atoms with E-state index < -0.39 is 12.1 Å². The van der Waals surface area contributed by atoms with Crippen molar-refractivity contribution in [1.29, 1.82) is 0 Å². The molecule has 5 atom stereocenters. The Morgan fingerprint density at radius 3 is 2.52 bits per heavy atom. The van der Waals surface area contributed by atoms with E-state index in [4.69, 9.17) is 24.1 Å². The van der Waals surface area contributed by atoms with Crippen LogP contribution < -0.4 is 0 Å². The zero-order chi connectivity index (χ0) is 22.3. The average molecular weight is 441 g/mol. The Morgan fingerprint density at radius 2 is 1.90 bits per heavy atom. The lowest BCUT2D eigenvalue weighted by Crippen LogP contribution is -2.55. The largest absolute Gasteiger partial charge is 0.481 e. The lowest BCUT2D eigenvalue weighted by molar-refractivity contribution is -0.337. The molecule has 4 fully saturated rings. The van der Waals surface area contributed by atoms with E-state index in [0.717, 1.165) is 64.6 Å². The van der Waals surface area contributed by atoms with Gasteiger partial charge in [0.2, 0.25) is 0 Å². The van der Waals surface area contributed by atoms with Crippen molar-refractivity contribution in [3.05, 3.63) is 24.3 Å². The number of aliphatic hydroxyl groups excluding tert-OH is 1. The highest BCUT2D eigenvalue weighted by Crippen LogP contribution is 2.40. The number of rotatable bonds is 12. The van der Waals surface area contributed by atoms with E-state index in [0.29, 0.717) is 13.2 Å². The maximum atomic E-state index is 10.5. The normalized spacial score (nSPS) is 28.7. The molecule has 0 aliphatic carbocycles. The number of unbranched alkanes of at least 4 members (excludes halogenated alkanes) is 3. The molecule has 0 amide bonds. The molecule has 178 valence electrons. The third-order valence-corrected chi connectivity index (χ3v) is 5.67. The number of allylic oxidation sites excluding steroid dienone is 2. The first-order valence-corrected chi connectivity index (χ1v) is 11.8. The van der Waals surface area contributed by atoms with Crippen molar-refractivity contribution in [2.45, 2.75) is 95.7 Å². The summed E-state index contributed by atoms with van der Waals surface area (Å²) in [7, 11) is 0. The van der Waals surface area contributed by atoms with Gasteiger partial charge in [-0.05, 0) is 32.1 Å². The Hall–Kier alpha value is -1.25. The summed E-state index contributed by atoms with van der Waals surface area (Å²) in [5.41, 5.74) is 0. The van der Waals surface area contributed by atoms with Crippen LogP contribution in [0.3, 0.4) is 0 Å². The van der Waals surface area contributed by atoms with Crippen LogP contribution in [0.2, 0.25) is 0 Å². The first-order chi connectivity index (χ1) is 15.1. The standard InChI is InChI=1S/C20H32O5.C4H8O2/c1-2-3-6-9-15(21)12-13-17-16(18-14-20(24-17)25-18)10-7-4-5-8-11-19(22)23;1-2-5-4-6-3-1/h4,7,12-13,15-18,20-21H,2-3,5-6,8-11,14H2,1H3,(H,22,23);1-4H2/b7-4-,13-12+;/t15-,16+,17+,18-,20+;/m0./s1. The fourth-order valence-electron chi connectivity index (χ4n) is 3.82. The lowest BCUT2D eigenvalue weighted by atomic mass is 9.84. The summed E-state index contributed by atoms with van der Waals surface area (Å²) in [5, 5.41) is 18.7. The maximum absolute atomic E-state index is 10.5. The monoisotopic (exact) mass is 440 g/mol. The first-order valence-electron chi connectivity index (χ1n) is 11.8. The summed E-state index contributed by atoms with van der Waals surface area (Å²) in [6.45, 7) is 4.41. The molecule has 4 aliphatic rings. The molecule has 0 radical (unpaired) electrons. The van der Waals surface area contributed by atoms with Gasteiger partial charge in [0.1, 0.15) is 6.79 Å². The van der Waals surface area contributed by atoms with Crippen molar-refractivity contribution >= 4 is 5.97 Å². The van der Waals surface area contributed by atoms with Crippen LogP contribution in [0, 0.1) is 5.92 Å². The van der Waals surface area contributed by atoms with Crippen molar-refractivity contribution < 1.29 is 34.0 Å². The molecule has 0 spiro atoms. The minimum Gasteiger partial charge on any atom is -0.481 e. The predicted molar refractivity (Wildman–Crippen MR) is 118 cm³/mol. The number of aliphatic hydroxyl groups is 1. The fourth-order valence-corrected chi connectivity index (χ4v) is 3.82. The van der Waals surface area contributed by atoms with Gasteiger partial charge in [-0.2, -0.15) is 0 Å². The molecular weight excluding hydrogens is 400 g/mol. The number of carbonyl (C=O) groups is 1. The van der Waals surface area contributed by atoms with Crippen molar-refractivity contribution in [2.24, 2.45) is 5.92 Å². The van der Waals surface area contributed by atoms with Crippen LogP contribution in [-0.2, 0) is 23.7 Å². The molecular formula is C24H40O7. The van der Waals surface area contributed by atoms with E-state index in [9.17, 15) is 9.90 Å². The summed E-state index contributed by atoms with van der Waals surface area (Å²) < 4.78 is 21.3. The molecule has 4 saturated heterocycles. The van der Waals surface area contributed by atoms with Crippen molar-refractivity contribution in [3.8, 4) is 0 Å². The predicted octanol–water partition coefficient (Wildman–Crippen LogP) is 4.20. The summed E-state index contributed by atoms with van der Waals surface area (Å²) in [4.78, 5) is 10.5. The number of hydrogen-bond acceptors (Lipinski definition) is 6. The lowest BCUT2D eigenvalue weighted by Gasteiger charge is -2.49. The molecule has 7 nitrogen and oxygen atoms in total. The van der Waals surface area contributed by atoms with Gasteiger partial charge < -0.3 is 29.2 Å². The van der Waals surface area contributed by atoms with Crippen LogP contribution in [-0.4, -0.2) is 60.8 Å². The maximum Gasteiger partial charge on any atom is 0.303 e. The highest BCUT2D eigenvalue weighted by Gasteiger charge is 2.46. The van der Waals surface area contributed by atoms with E-state index >= 15 is 0 Å². The molecule has 2 bridgehead atoms. The topological polar surface area (TPSA) is 94.5 Å². The smallest absolute Gasteiger partial charge is 0.303 e. The molecule has 7 heteroatoms. The van der Waals surface area contributed by atoms with Gasteiger partial charge in [-0.3, -0.25) is 4.79 Å². The number of carboxylic acid groups (broad SMARTS) is 1. The Morgan fingerprint density at radius 1 is 1.13 bits per heavy atom. The van der Waals surface area contributed by atoms with E-state index in [1.807, 2.05) is 18.2 Å². The highest BCUT2D eigenvalue weighted by atomic mass is 16.7. The molecule has 0 aromatic heterocycles. The molecule has 4 aliphatic heterocycles. The summed E-state index contributed by atoms with van der Waals surface area (Å²) >= 11 is 0. The van der Waals surface area contributed by atoms with E-state index in [1.54, 1.807) is 0 Å². The van der Waals surface area contributed by atoms with Gasteiger partial charge in [0.05, 0.1) is 31.5 Å². The van der Waals surface area contributed by atoms with Crippen molar-refractivity contribution in [1.82, 2.24) is 0 Å². The van der Waals surface area contributed by atoms with Gasteiger partial charge in [-0.25, -0.2) is 0 Å². The molecule has 4 heterocycles. The Balaban J connectivity index is 0.000000488. The molecule has 31 heavy (non-hydrogen) atoms. The van der Waals surface area contributed by atoms with Gasteiger partial charge in [0, 0.05) is 18.8 Å². The SMILES string of the molecule is C1COCOC1.CCCCC[C@H](O)/C=C/[C@H]1O[C@H]2C[C@H](O2)[C@@H]1C/C=C\CCCC(=O)O. The summed E-state index contributed by atoms with van der Waals surface area (Å²) in [6.07, 6.45) is 16.4. The van der Waals surface area contributed by atoms with Crippen LogP contribution in [0.4, 0.5) is 0 Å². The number of carboxylic acids is 1. The second kappa shape index (κ2) is 15.5. The van der Waals surface area contributed by atoms with E-state index in [1.165, 1.54) is 0 Å². The van der Waals surface area contributed by atoms with Crippen LogP contribution in [0.1, 0.15) is 71.1 Å². The van der Waals surface area contributed by atoms with Crippen LogP contribution >= 0.6 is 0 Å². The Kier molecular flexibility index (Phi) is 13.0. The zero-order valence-electron chi connectivity index (χ0n) is 18.8. The quantitative estimate of drug-likeness (QED) is 0.347. The van der Waals surface area contributed by atoms with Crippen LogP contribution in [0.5, 0.6) is 0 Å². The minimum absolute atomic E-state index is 0.0120. The van der Waals surface area contributed by atoms with Gasteiger partial charge in [-0.15, -0.1) is 0 Å². The van der Waals surface area contributed by atoms with E-state index in [-0.39, 0.29) is 30.8 Å². The number of ether oxygens (including phenoxy) is 4. The van der Waals surface area contributed by atoms with Gasteiger partial charge in [0.15, 0.2) is 6.29 Å². The van der Waals surface area contributed by atoms with Gasteiger partial charge >= 0.3 is 5.97 Å². The molecule has 4 rings (SSSR count). The number of hydrogen-bond donors (Lipinski definition) is 2. The summed E-state index contributed by atoms with van der Waals surface area (Å²) in [6, 6.07) is 0. The van der Waals surface area contributed by atoms with Crippen LogP contribution in [0.25, 0.3) is 0 Å².